The summed E-state index contributed by atoms with van der Waals surface area (Å²) in [4.78, 5) is 0. The van der Waals surface area contributed by atoms with Crippen molar-refractivity contribution in [1.29, 1.82) is 0 Å². The second-order valence-electron chi connectivity index (χ2n) is 8.63. The summed E-state index contributed by atoms with van der Waals surface area (Å²) in [5.74, 6) is 0.552. The van der Waals surface area contributed by atoms with E-state index in [1.807, 2.05) is 14.0 Å². The van der Waals surface area contributed by atoms with Crippen molar-refractivity contribution in [2.24, 2.45) is 16.7 Å². The summed E-state index contributed by atoms with van der Waals surface area (Å²) in [6, 6.07) is 6.47. The maximum Gasteiger partial charge on any atom is 0.0434 e. The molecule has 2 rings (SSSR count). The van der Waals surface area contributed by atoms with Crippen molar-refractivity contribution in [2.45, 2.75) is 48.0 Å². The molecule has 0 radical (unpaired) electrons. The van der Waals surface area contributed by atoms with E-state index in [0.717, 1.165) is 16.9 Å². The topological polar surface area (TPSA) is 24.1 Å². The van der Waals surface area contributed by atoms with Gasteiger partial charge in [-0.15, -0.1) is 0 Å². The molecular weight excluding hydrogens is 280 g/mol. The highest BCUT2D eigenvalue weighted by atomic mass is 14.9. The highest BCUT2D eigenvalue weighted by Crippen LogP contribution is 2.47. The van der Waals surface area contributed by atoms with Gasteiger partial charge in [-0.3, -0.25) is 0 Å². The van der Waals surface area contributed by atoms with Crippen LogP contribution in [-0.2, 0) is 0 Å². The summed E-state index contributed by atoms with van der Waals surface area (Å²) < 4.78 is 0. The van der Waals surface area contributed by atoms with Crippen LogP contribution in [0.15, 0.2) is 36.6 Å². The molecule has 1 aliphatic rings. The van der Waals surface area contributed by atoms with Gasteiger partial charge in [0.15, 0.2) is 0 Å². The summed E-state index contributed by atoms with van der Waals surface area (Å²) in [6.45, 7) is 17.7. The first-order valence-electron chi connectivity index (χ1n) is 8.51. The van der Waals surface area contributed by atoms with E-state index >= 15 is 0 Å². The summed E-state index contributed by atoms with van der Waals surface area (Å²) in [6.07, 6.45) is 3.61. The Balaban J connectivity index is 2.32. The Labute approximate surface area is 142 Å². The third kappa shape index (κ3) is 3.99. The van der Waals surface area contributed by atoms with Gasteiger partial charge in [-0.2, -0.15) is 0 Å². The van der Waals surface area contributed by atoms with Crippen molar-refractivity contribution in [3.8, 4) is 0 Å². The first-order chi connectivity index (χ1) is 10.5. The predicted octanol–water partition coefficient (Wildman–Crippen LogP) is 6.15. The Hall–Kier alpha value is -1.70. The van der Waals surface area contributed by atoms with Crippen molar-refractivity contribution in [2.75, 3.05) is 17.7 Å². The Morgan fingerprint density at radius 1 is 1.26 bits per heavy atom. The summed E-state index contributed by atoms with van der Waals surface area (Å²) in [5.41, 5.74) is 6.37. The van der Waals surface area contributed by atoms with Crippen molar-refractivity contribution in [1.82, 2.24) is 0 Å². The lowest BCUT2D eigenvalue weighted by Crippen LogP contribution is -2.24. The summed E-state index contributed by atoms with van der Waals surface area (Å²) >= 11 is 0. The standard InChI is InChI=1S/C21H32N2/c1-14(2)16-10-9-15(11-18(16)22-8)23-19-13-21(6,7)12-17(19)20(3,4)5/h9-11,13,17,22-23H,1,12H2,2-8H3. The molecule has 1 aromatic carbocycles. The molecule has 0 saturated heterocycles. The normalized spacial score (nSPS) is 20.1. The average molecular weight is 313 g/mol. The molecule has 0 aromatic heterocycles. The molecule has 1 atom stereocenters. The largest absolute Gasteiger partial charge is 0.388 e. The van der Waals surface area contributed by atoms with Gasteiger partial charge in [0, 0.05) is 35.6 Å². The van der Waals surface area contributed by atoms with Gasteiger partial charge in [-0.25, -0.2) is 0 Å². The lowest BCUT2D eigenvalue weighted by molar-refractivity contribution is 0.239. The zero-order chi connectivity index (χ0) is 17.4. The van der Waals surface area contributed by atoms with E-state index in [9.17, 15) is 0 Å². The minimum absolute atomic E-state index is 0.254. The molecule has 0 aliphatic heterocycles. The Morgan fingerprint density at radius 3 is 2.43 bits per heavy atom. The van der Waals surface area contributed by atoms with Gasteiger partial charge >= 0.3 is 0 Å². The molecule has 1 unspecified atom stereocenters. The molecule has 0 heterocycles. The number of anilines is 2. The van der Waals surface area contributed by atoms with Crippen LogP contribution in [0.2, 0.25) is 0 Å². The molecular formula is C21H32N2. The zero-order valence-electron chi connectivity index (χ0n) is 15.8. The third-order valence-electron chi connectivity index (χ3n) is 4.73. The number of benzene rings is 1. The minimum Gasteiger partial charge on any atom is -0.388 e. The number of hydrogen-bond donors (Lipinski definition) is 2. The van der Waals surface area contributed by atoms with Crippen LogP contribution >= 0.6 is 0 Å². The molecule has 126 valence electrons. The molecule has 0 amide bonds. The van der Waals surface area contributed by atoms with Crippen LogP contribution in [0, 0.1) is 16.7 Å². The fraction of sp³-hybridized carbons (Fsp3) is 0.524. The van der Waals surface area contributed by atoms with Crippen molar-refractivity contribution in [3.05, 3.63) is 42.1 Å². The van der Waals surface area contributed by atoms with E-state index in [1.54, 1.807) is 0 Å². The van der Waals surface area contributed by atoms with Crippen LogP contribution < -0.4 is 10.6 Å². The molecule has 2 N–H and O–H groups in total. The quantitative estimate of drug-likeness (QED) is 0.696. The summed E-state index contributed by atoms with van der Waals surface area (Å²) in [7, 11) is 1.96. The van der Waals surface area contributed by atoms with Crippen LogP contribution in [0.25, 0.3) is 5.57 Å². The minimum atomic E-state index is 0.254. The van der Waals surface area contributed by atoms with Gasteiger partial charge in [-0.1, -0.05) is 53.3 Å². The van der Waals surface area contributed by atoms with Crippen molar-refractivity contribution < 1.29 is 0 Å². The molecule has 2 heteroatoms. The third-order valence-corrected chi connectivity index (χ3v) is 4.73. The fourth-order valence-corrected chi connectivity index (χ4v) is 3.48. The van der Waals surface area contributed by atoms with Crippen molar-refractivity contribution >= 4 is 16.9 Å². The predicted molar refractivity (Wildman–Crippen MR) is 104 cm³/mol. The Morgan fingerprint density at radius 2 is 1.91 bits per heavy atom. The van der Waals surface area contributed by atoms with Gasteiger partial charge in [0.25, 0.3) is 0 Å². The van der Waals surface area contributed by atoms with E-state index < -0.39 is 0 Å². The highest BCUT2D eigenvalue weighted by Gasteiger charge is 2.38. The zero-order valence-corrected chi connectivity index (χ0v) is 15.8. The van der Waals surface area contributed by atoms with Crippen LogP contribution in [-0.4, -0.2) is 7.05 Å². The van der Waals surface area contributed by atoms with Crippen LogP contribution in [0.1, 0.15) is 53.5 Å². The molecule has 1 aliphatic carbocycles. The smallest absolute Gasteiger partial charge is 0.0434 e. The summed E-state index contributed by atoms with van der Waals surface area (Å²) in [5, 5.41) is 6.97. The molecule has 0 bridgehead atoms. The number of hydrogen-bond acceptors (Lipinski definition) is 2. The van der Waals surface area contributed by atoms with E-state index in [0.29, 0.717) is 5.92 Å². The van der Waals surface area contributed by atoms with Crippen LogP contribution in [0.3, 0.4) is 0 Å². The second-order valence-corrected chi connectivity index (χ2v) is 8.63. The molecule has 23 heavy (non-hydrogen) atoms. The van der Waals surface area contributed by atoms with Gasteiger partial charge in [-0.05, 0) is 41.9 Å². The maximum absolute atomic E-state index is 4.06. The SMILES string of the molecule is C=C(C)c1ccc(NC2=CC(C)(C)CC2C(C)(C)C)cc1NC. The lowest BCUT2D eigenvalue weighted by atomic mass is 9.76. The van der Waals surface area contributed by atoms with Crippen molar-refractivity contribution in [3.63, 3.8) is 0 Å². The Bertz CT molecular complexity index is 630. The number of rotatable bonds is 4. The highest BCUT2D eigenvalue weighted by molar-refractivity contribution is 5.77. The monoisotopic (exact) mass is 312 g/mol. The van der Waals surface area contributed by atoms with Gasteiger partial charge < -0.3 is 10.6 Å². The maximum atomic E-state index is 4.06. The molecule has 0 fully saturated rings. The first kappa shape index (κ1) is 17.7. The van der Waals surface area contributed by atoms with Gasteiger partial charge in [0.2, 0.25) is 0 Å². The average Bonchev–Trinajstić information content (AvgIpc) is 2.73. The fourth-order valence-electron chi connectivity index (χ4n) is 3.48. The molecule has 1 aromatic rings. The van der Waals surface area contributed by atoms with E-state index in [2.05, 4.69) is 76.1 Å². The second kappa shape index (κ2) is 6.07. The molecule has 2 nitrogen and oxygen atoms in total. The van der Waals surface area contributed by atoms with Gasteiger partial charge in [0.05, 0.1) is 0 Å². The molecule has 0 saturated carbocycles. The Kier molecular flexibility index (Phi) is 4.66. The van der Waals surface area contributed by atoms with Crippen LogP contribution in [0.5, 0.6) is 0 Å². The lowest BCUT2D eigenvalue weighted by Gasteiger charge is -2.31. The number of allylic oxidation sites excluding steroid dienone is 3. The first-order valence-corrected chi connectivity index (χ1v) is 8.51. The molecule has 0 spiro atoms. The van der Waals surface area contributed by atoms with Gasteiger partial charge in [0.1, 0.15) is 0 Å². The number of nitrogens with one attached hydrogen (secondary N) is 2. The van der Waals surface area contributed by atoms with E-state index in [1.165, 1.54) is 17.7 Å². The van der Waals surface area contributed by atoms with Crippen LogP contribution in [0.4, 0.5) is 11.4 Å². The van der Waals surface area contributed by atoms with E-state index in [-0.39, 0.29) is 10.8 Å². The van der Waals surface area contributed by atoms with E-state index in [4.69, 9.17) is 0 Å².